The van der Waals surface area contributed by atoms with Crippen LogP contribution in [0.25, 0.3) is 0 Å². The van der Waals surface area contributed by atoms with Gasteiger partial charge in [-0.1, -0.05) is 0 Å². The highest BCUT2D eigenvalue weighted by Gasteiger charge is 2.29. The first-order valence-electron chi connectivity index (χ1n) is 6.61. The molecule has 3 rings (SSSR count). The molecule has 1 aromatic carbocycles. The van der Waals surface area contributed by atoms with Crippen molar-refractivity contribution in [2.75, 3.05) is 7.11 Å². The van der Waals surface area contributed by atoms with Crippen LogP contribution in [0, 0.1) is 0 Å². The number of aromatic nitrogens is 2. The summed E-state index contributed by atoms with van der Waals surface area (Å²) in [7, 11) is 1.59. The molecule has 0 spiro atoms. The molecule has 0 radical (unpaired) electrons. The van der Waals surface area contributed by atoms with Gasteiger partial charge in [0.05, 0.1) is 37.3 Å². The van der Waals surface area contributed by atoms with E-state index < -0.39 is 0 Å². The van der Waals surface area contributed by atoms with Gasteiger partial charge in [0.25, 0.3) is 0 Å². The smallest absolute Gasteiger partial charge is 0.170 e. The van der Waals surface area contributed by atoms with Crippen LogP contribution in [0.2, 0.25) is 0 Å². The van der Waals surface area contributed by atoms with E-state index in [4.69, 9.17) is 9.47 Å². The maximum Gasteiger partial charge on any atom is 0.170 e. The second kappa shape index (κ2) is 5.00. The third-order valence-electron chi connectivity index (χ3n) is 3.54. The molecular weight excluding hydrogens is 256 g/mol. The normalized spacial score (nSPS) is 17.5. The SMILES string of the molecule is CCn1cncc1C1CC(=O)c2ccc(OC)cc2O1. The maximum atomic E-state index is 12.2. The van der Waals surface area contributed by atoms with Crippen LogP contribution in [-0.2, 0) is 6.54 Å². The zero-order valence-corrected chi connectivity index (χ0v) is 11.5. The molecule has 0 amide bonds. The first-order valence-corrected chi connectivity index (χ1v) is 6.61. The van der Waals surface area contributed by atoms with Gasteiger partial charge in [-0.3, -0.25) is 4.79 Å². The summed E-state index contributed by atoms with van der Waals surface area (Å²) in [6.45, 7) is 2.83. The largest absolute Gasteiger partial charge is 0.497 e. The van der Waals surface area contributed by atoms with Crippen molar-refractivity contribution in [2.24, 2.45) is 0 Å². The molecule has 1 unspecified atom stereocenters. The van der Waals surface area contributed by atoms with Crippen molar-refractivity contribution >= 4 is 5.78 Å². The van der Waals surface area contributed by atoms with E-state index >= 15 is 0 Å². The minimum Gasteiger partial charge on any atom is -0.497 e. The van der Waals surface area contributed by atoms with E-state index in [0.29, 0.717) is 23.5 Å². The van der Waals surface area contributed by atoms with Crippen LogP contribution >= 0.6 is 0 Å². The molecule has 1 aliphatic rings. The molecule has 0 aliphatic carbocycles. The lowest BCUT2D eigenvalue weighted by atomic mass is 9.99. The van der Waals surface area contributed by atoms with Crippen LogP contribution < -0.4 is 9.47 Å². The van der Waals surface area contributed by atoms with Gasteiger partial charge in [-0.25, -0.2) is 4.98 Å². The van der Waals surface area contributed by atoms with Crippen LogP contribution in [0.4, 0.5) is 0 Å². The Morgan fingerprint density at radius 3 is 3.10 bits per heavy atom. The molecule has 1 aliphatic heterocycles. The standard InChI is InChI=1S/C15H16N2O3/c1-3-17-9-16-8-12(17)15-7-13(18)11-5-4-10(19-2)6-14(11)20-15/h4-6,8-9,15H,3,7H2,1-2H3. The number of fused-ring (bicyclic) bond motifs is 1. The number of carbonyl (C=O) groups excluding carboxylic acids is 1. The highest BCUT2D eigenvalue weighted by Crippen LogP contribution is 2.36. The Morgan fingerprint density at radius 2 is 2.35 bits per heavy atom. The molecule has 5 nitrogen and oxygen atoms in total. The summed E-state index contributed by atoms with van der Waals surface area (Å²) in [5.41, 5.74) is 1.54. The van der Waals surface area contributed by atoms with E-state index in [2.05, 4.69) is 4.98 Å². The van der Waals surface area contributed by atoms with Crippen molar-refractivity contribution in [2.45, 2.75) is 26.0 Å². The van der Waals surface area contributed by atoms with Crippen LogP contribution in [0.1, 0.15) is 35.5 Å². The van der Waals surface area contributed by atoms with Gasteiger partial charge < -0.3 is 14.0 Å². The van der Waals surface area contributed by atoms with Crippen molar-refractivity contribution in [1.29, 1.82) is 0 Å². The van der Waals surface area contributed by atoms with E-state index in [9.17, 15) is 4.79 Å². The summed E-state index contributed by atoms with van der Waals surface area (Å²) in [4.78, 5) is 16.4. The number of methoxy groups -OCH3 is 1. The third kappa shape index (κ3) is 2.05. The lowest BCUT2D eigenvalue weighted by Gasteiger charge is -2.26. The van der Waals surface area contributed by atoms with Crippen molar-refractivity contribution in [1.82, 2.24) is 9.55 Å². The molecule has 20 heavy (non-hydrogen) atoms. The number of Topliss-reactive ketones (excluding diaryl/α,β-unsaturated/α-hetero) is 1. The monoisotopic (exact) mass is 272 g/mol. The number of ether oxygens (including phenoxy) is 2. The van der Waals surface area contributed by atoms with Gasteiger partial charge in [-0.05, 0) is 19.1 Å². The van der Waals surface area contributed by atoms with Crippen molar-refractivity contribution < 1.29 is 14.3 Å². The van der Waals surface area contributed by atoms with Gasteiger partial charge in [0.2, 0.25) is 0 Å². The molecule has 1 aromatic heterocycles. The zero-order valence-electron chi connectivity index (χ0n) is 11.5. The molecule has 1 atom stereocenters. The summed E-state index contributed by atoms with van der Waals surface area (Å²) in [6.07, 6.45) is 3.56. The zero-order chi connectivity index (χ0) is 14.1. The fourth-order valence-electron chi connectivity index (χ4n) is 2.46. The fraction of sp³-hybridized carbons (Fsp3) is 0.333. The summed E-state index contributed by atoms with van der Waals surface area (Å²) in [5.74, 6) is 1.35. The summed E-state index contributed by atoms with van der Waals surface area (Å²) < 4.78 is 13.1. The molecule has 2 aromatic rings. The maximum absolute atomic E-state index is 12.2. The molecule has 0 fully saturated rings. The first-order chi connectivity index (χ1) is 9.72. The van der Waals surface area contributed by atoms with E-state index in [1.165, 1.54) is 0 Å². The van der Waals surface area contributed by atoms with Crippen molar-refractivity contribution in [3.05, 3.63) is 42.0 Å². The van der Waals surface area contributed by atoms with Gasteiger partial charge in [-0.15, -0.1) is 0 Å². The lowest BCUT2D eigenvalue weighted by molar-refractivity contribution is 0.0839. The molecule has 2 heterocycles. The van der Waals surface area contributed by atoms with E-state index in [1.54, 1.807) is 37.8 Å². The number of rotatable bonds is 3. The number of aryl methyl sites for hydroxylation is 1. The van der Waals surface area contributed by atoms with Gasteiger partial charge in [0, 0.05) is 12.6 Å². The Hall–Kier alpha value is -2.30. The van der Waals surface area contributed by atoms with Crippen LogP contribution in [0.15, 0.2) is 30.7 Å². The molecule has 0 saturated carbocycles. The number of imidazole rings is 1. The molecular formula is C15H16N2O3. The minimum atomic E-state index is -0.287. The van der Waals surface area contributed by atoms with Crippen LogP contribution in [0.3, 0.4) is 0 Å². The van der Waals surface area contributed by atoms with Crippen molar-refractivity contribution in [3.8, 4) is 11.5 Å². The topological polar surface area (TPSA) is 53.4 Å². The van der Waals surface area contributed by atoms with Crippen LogP contribution in [0.5, 0.6) is 11.5 Å². The Balaban J connectivity index is 1.97. The van der Waals surface area contributed by atoms with Crippen molar-refractivity contribution in [3.63, 3.8) is 0 Å². The second-order valence-corrected chi connectivity index (χ2v) is 4.70. The lowest BCUT2D eigenvalue weighted by Crippen LogP contribution is -2.22. The third-order valence-corrected chi connectivity index (χ3v) is 3.54. The quantitative estimate of drug-likeness (QED) is 0.862. The van der Waals surface area contributed by atoms with E-state index in [-0.39, 0.29) is 11.9 Å². The Kier molecular flexibility index (Phi) is 3.18. The number of nitrogens with zero attached hydrogens (tertiary/aromatic N) is 2. The Labute approximate surface area is 117 Å². The van der Waals surface area contributed by atoms with Gasteiger partial charge in [0.1, 0.15) is 17.6 Å². The predicted octanol–water partition coefficient (Wildman–Crippen LogP) is 2.62. The van der Waals surface area contributed by atoms with Gasteiger partial charge >= 0.3 is 0 Å². The van der Waals surface area contributed by atoms with Gasteiger partial charge in [0.15, 0.2) is 5.78 Å². The predicted molar refractivity (Wildman–Crippen MR) is 73.2 cm³/mol. The average Bonchev–Trinajstić information content (AvgIpc) is 2.95. The molecule has 0 N–H and O–H groups in total. The molecule has 104 valence electrons. The average molecular weight is 272 g/mol. The summed E-state index contributed by atoms with van der Waals surface area (Å²) >= 11 is 0. The molecule has 5 heteroatoms. The summed E-state index contributed by atoms with van der Waals surface area (Å²) in [5, 5.41) is 0. The fourth-order valence-corrected chi connectivity index (χ4v) is 2.46. The van der Waals surface area contributed by atoms with E-state index in [0.717, 1.165) is 12.2 Å². The van der Waals surface area contributed by atoms with E-state index in [1.807, 2.05) is 11.5 Å². The van der Waals surface area contributed by atoms with Crippen LogP contribution in [-0.4, -0.2) is 22.4 Å². The number of hydrogen-bond donors (Lipinski definition) is 0. The highest BCUT2D eigenvalue weighted by molar-refractivity contribution is 6.00. The molecule has 0 bridgehead atoms. The number of carbonyl (C=O) groups is 1. The summed E-state index contributed by atoms with van der Waals surface area (Å²) in [6, 6.07) is 5.28. The second-order valence-electron chi connectivity index (χ2n) is 4.70. The molecule has 0 saturated heterocycles. The Bertz CT molecular complexity index is 648. The highest BCUT2D eigenvalue weighted by atomic mass is 16.5. The Morgan fingerprint density at radius 1 is 1.50 bits per heavy atom. The van der Waals surface area contributed by atoms with Gasteiger partial charge in [-0.2, -0.15) is 0 Å². The number of ketones is 1. The minimum absolute atomic E-state index is 0.0859. The number of hydrogen-bond acceptors (Lipinski definition) is 4. The number of benzene rings is 1. The first kappa shape index (κ1) is 12.7.